The lowest BCUT2D eigenvalue weighted by molar-refractivity contribution is 0.0952. The molecule has 1 fully saturated rings. The van der Waals surface area contributed by atoms with Crippen molar-refractivity contribution in [2.24, 2.45) is 5.92 Å². The van der Waals surface area contributed by atoms with Gasteiger partial charge in [-0.1, -0.05) is 31.7 Å². The number of anilines is 1. The van der Waals surface area contributed by atoms with Gasteiger partial charge in [0, 0.05) is 17.8 Å². The van der Waals surface area contributed by atoms with Gasteiger partial charge >= 0.3 is 0 Å². The summed E-state index contributed by atoms with van der Waals surface area (Å²) in [5, 5.41) is 2.96. The molecule has 3 N–H and O–H groups in total. The standard InChI is InChI=1S/C15H22N2O/c16-14-9-3-8-13(11-14)15(18)17-10-4-7-12-5-1-2-6-12/h3,8-9,11-12H,1-2,4-7,10,16H2,(H,17,18). The van der Waals surface area contributed by atoms with Crippen molar-refractivity contribution in [3.05, 3.63) is 29.8 Å². The van der Waals surface area contributed by atoms with E-state index in [-0.39, 0.29) is 5.91 Å². The van der Waals surface area contributed by atoms with E-state index in [4.69, 9.17) is 5.73 Å². The van der Waals surface area contributed by atoms with Gasteiger partial charge in [0.25, 0.3) is 5.91 Å². The summed E-state index contributed by atoms with van der Waals surface area (Å²) in [5.41, 5.74) is 6.94. The van der Waals surface area contributed by atoms with Gasteiger partial charge in [-0.15, -0.1) is 0 Å². The van der Waals surface area contributed by atoms with Crippen molar-refractivity contribution in [3.8, 4) is 0 Å². The molecule has 1 aliphatic rings. The highest BCUT2D eigenvalue weighted by atomic mass is 16.1. The predicted octanol–water partition coefficient (Wildman–Crippen LogP) is 2.97. The molecule has 0 bridgehead atoms. The molecule has 0 aliphatic heterocycles. The Balaban J connectivity index is 1.68. The van der Waals surface area contributed by atoms with E-state index in [9.17, 15) is 4.79 Å². The van der Waals surface area contributed by atoms with Gasteiger partial charge in [-0.2, -0.15) is 0 Å². The van der Waals surface area contributed by atoms with E-state index < -0.39 is 0 Å². The second-order valence-corrected chi connectivity index (χ2v) is 5.17. The van der Waals surface area contributed by atoms with Crippen LogP contribution in [-0.4, -0.2) is 12.5 Å². The van der Waals surface area contributed by atoms with Gasteiger partial charge in [-0.25, -0.2) is 0 Å². The third-order valence-corrected chi connectivity index (χ3v) is 3.70. The highest BCUT2D eigenvalue weighted by molar-refractivity contribution is 5.94. The second-order valence-electron chi connectivity index (χ2n) is 5.17. The van der Waals surface area contributed by atoms with Crippen molar-refractivity contribution < 1.29 is 4.79 Å². The summed E-state index contributed by atoms with van der Waals surface area (Å²) in [6.45, 7) is 0.768. The van der Waals surface area contributed by atoms with Crippen molar-refractivity contribution in [2.75, 3.05) is 12.3 Å². The highest BCUT2D eigenvalue weighted by Crippen LogP contribution is 2.28. The maximum Gasteiger partial charge on any atom is 0.251 e. The Morgan fingerprint density at radius 3 is 2.83 bits per heavy atom. The van der Waals surface area contributed by atoms with Crippen molar-refractivity contribution in [1.82, 2.24) is 5.32 Å². The molecule has 1 saturated carbocycles. The van der Waals surface area contributed by atoms with Crippen LogP contribution in [0, 0.1) is 5.92 Å². The number of amides is 1. The molecule has 0 atom stereocenters. The van der Waals surface area contributed by atoms with E-state index in [1.54, 1.807) is 18.2 Å². The zero-order valence-electron chi connectivity index (χ0n) is 10.8. The zero-order valence-corrected chi connectivity index (χ0v) is 10.8. The summed E-state index contributed by atoms with van der Waals surface area (Å²) in [5.74, 6) is 0.878. The zero-order chi connectivity index (χ0) is 12.8. The Morgan fingerprint density at radius 2 is 2.11 bits per heavy atom. The smallest absolute Gasteiger partial charge is 0.251 e. The van der Waals surface area contributed by atoms with Crippen LogP contribution in [0.1, 0.15) is 48.9 Å². The van der Waals surface area contributed by atoms with Crippen LogP contribution in [-0.2, 0) is 0 Å². The SMILES string of the molecule is Nc1cccc(C(=O)NCCCC2CCCC2)c1. The molecular formula is C15H22N2O. The monoisotopic (exact) mass is 246 g/mol. The van der Waals surface area contributed by atoms with E-state index >= 15 is 0 Å². The number of carbonyl (C=O) groups is 1. The predicted molar refractivity (Wildman–Crippen MR) is 74.4 cm³/mol. The van der Waals surface area contributed by atoms with E-state index in [1.165, 1.54) is 32.1 Å². The summed E-state index contributed by atoms with van der Waals surface area (Å²) >= 11 is 0. The molecule has 2 rings (SSSR count). The maximum absolute atomic E-state index is 11.8. The number of hydrogen-bond acceptors (Lipinski definition) is 2. The minimum absolute atomic E-state index is 0.0197. The molecule has 0 spiro atoms. The van der Waals surface area contributed by atoms with Crippen molar-refractivity contribution >= 4 is 11.6 Å². The quantitative estimate of drug-likeness (QED) is 0.620. The molecule has 1 aliphatic carbocycles. The van der Waals surface area contributed by atoms with Gasteiger partial charge < -0.3 is 11.1 Å². The first-order valence-electron chi connectivity index (χ1n) is 6.89. The van der Waals surface area contributed by atoms with Gasteiger partial charge in [0.2, 0.25) is 0 Å². The number of hydrogen-bond donors (Lipinski definition) is 2. The average molecular weight is 246 g/mol. The van der Waals surface area contributed by atoms with Crippen LogP contribution in [0.25, 0.3) is 0 Å². The van der Waals surface area contributed by atoms with E-state index in [0.717, 1.165) is 18.9 Å². The Kier molecular flexibility index (Phi) is 4.62. The molecule has 0 saturated heterocycles. The van der Waals surface area contributed by atoms with Crippen LogP contribution in [0.15, 0.2) is 24.3 Å². The van der Waals surface area contributed by atoms with Gasteiger partial charge in [-0.05, 0) is 37.0 Å². The summed E-state index contributed by atoms with van der Waals surface area (Å²) in [4.78, 5) is 11.8. The molecule has 1 aromatic carbocycles. The molecule has 0 radical (unpaired) electrons. The first kappa shape index (κ1) is 12.9. The fourth-order valence-corrected chi connectivity index (χ4v) is 2.67. The number of carbonyl (C=O) groups excluding carboxylic acids is 1. The fraction of sp³-hybridized carbons (Fsp3) is 0.533. The van der Waals surface area contributed by atoms with Crippen LogP contribution in [0.3, 0.4) is 0 Å². The lowest BCUT2D eigenvalue weighted by Gasteiger charge is -2.09. The lowest BCUT2D eigenvalue weighted by Crippen LogP contribution is -2.24. The first-order chi connectivity index (χ1) is 8.75. The Bertz CT molecular complexity index is 397. The van der Waals surface area contributed by atoms with Crippen molar-refractivity contribution in [1.29, 1.82) is 0 Å². The topological polar surface area (TPSA) is 55.1 Å². The van der Waals surface area contributed by atoms with Crippen LogP contribution < -0.4 is 11.1 Å². The minimum atomic E-state index is -0.0197. The summed E-state index contributed by atoms with van der Waals surface area (Å²) in [6.07, 6.45) is 7.86. The van der Waals surface area contributed by atoms with Gasteiger partial charge in [0.1, 0.15) is 0 Å². The van der Waals surface area contributed by atoms with Gasteiger partial charge in [-0.3, -0.25) is 4.79 Å². The average Bonchev–Trinajstić information content (AvgIpc) is 2.87. The van der Waals surface area contributed by atoms with E-state index in [0.29, 0.717) is 11.3 Å². The first-order valence-corrected chi connectivity index (χ1v) is 6.89. The van der Waals surface area contributed by atoms with Gasteiger partial charge in [0.05, 0.1) is 0 Å². The normalized spacial score (nSPS) is 15.8. The molecule has 1 amide bonds. The number of benzene rings is 1. The highest BCUT2D eigenvalue weighted by Gasteiger charge is 2.14. The number of nitrogens with two attached hydrogens (primary N) is 1. The molecule has 3 nitrogen and oxygen atoms in total. The molecule has 0 unspecified atom stereocenters. The van der Waals surface area contributed by atoms with Crippen LogP contribution in [0.5, 0.6) is 0 Å². The summed E-state index contributed by atoms with van der Waals surface area (Å²) in [7, 11) is 0. The van der Waals surface area contributed by atoms with Crippen molar-refractivity contribution in [2.45, 2.75) is 38.5 Å². The third kappa shape index (κ3) is 3.76. The molecule has 3 heteroatoms. The Labute approximate surface area is 109 Å². The largest absolute Gasteiger partial charge is 0.399 e. The lowest BCUT2D eigenvalue weighted by atomic mass is 10.0. The summed E-state index contributed by atoms with van der Waals surface area (Å²) in [6, 6.07) is 7.11. The Morgan fingerprint density at radius 1 is 1.33 bits per heavy atom. The van der Waals surface area contributed by atoms with E-state index in [2.05, 4.69) is 5.32 Å². The maximum atomic E-state index is 11.8. The Hall–Kier alpha value is -1.51. The number of rotatable bonds is 5. The van der Waals surface area contributed by atoms with Crippen LogP contribution >= 0.6 is 0 Å². The van der Waals surface area contributed by atoms with Gasteiger partial charge in [0.15, 0.2) is 0 Å². The number of nitrogen functional groups attached to an aromatic ring is 1. The molecular weight excluding hydrogens is 224 g/mol. The molecule has 1 aromatic rings. The van der Waals surface area contributed by atoms with Crippen LogP contribution in [0.4, 0.5) is 5.69 Å². The molecule has 0 aromatic heterocycles. The minimum Gasteiger partial charge on any atom is -0.399 e. The number of nitrogens with one attached hydrogen (secondary N) is 1. The van der Waals surface area contributed by atoms with Crippen LogP contribution in [0.2, 0.25) is 0 Å². The molecule has 0 heterocycles. The van der Waals surface area contributed by atoms with Crippen molar-refractivity contribution in [3.63, 3.8) is 0 Å². The van der Waals surface area contributed by atoms with E-state index in [1.807, 2.05) is 6.07 Å². The third-order valence-electron chi connectivity index (χ3n) is 3.70. The second kappa shape index (κ2) is 6.43. The molecule has 18 heavy (non-hydrogen) atoms. The fourth-order valence-electron chi connectivity index (χ4n) is 2.67. The summed E-state index contributed by atoms with van der Waals surface area (Å²) < 4.78 is 0. The molecule has 98 valence electrons.